The Bertz CT molecular complexity index is 1440. The number of hydrogen-bond acceptors (Lipinski definition) is 6. The predicted molar refractivity (Wildman–Crippen MR) is 120 cm³/mol. The summed E-state index contributed by atoms with van der Waals surface area (Å²) in [5, 5.41) is 22.6. The molecule has 2 aromatic carbocycles. The Morgan fingerprint density at radius 2 is 1.64 bits per heavy atom. The molecule has 166 valence electrons. The third-order valence-electron chi connectivity index (χ3n) is 5.69. The highest BCUT2D eigenvalue weighted by atomic mass is 16.4. The summed E-state index contributed by atoms with van der Waals surface area (Å²) in [6.45, 7) is 3.07. The van der Waals surface area contributed by atoms with Crippen molar-refractivity contribution >= 4 is 29.2 Å². The molecule has 0 amide bonds. The highest BCUT2D eigenvalue weighted by molar-refractivity contribution is 6.03. The number of rotatable bonds is 5. The Hall–Kier alpha value is -4.46. The second kappa shape index (κ2) is 8.23. The number of carbonyl (C=O) groups excluding carboxylic acids is 1. The lowest BCUT2D eigenvalue weighted by Gasteiger charge is -2.28. The van der Waals surface area contributed by atoms with Gasteiger partial charge < -0.3 is 19.9 Å². The van der Waals surface area contributed by atoms with Gasteiger partial charge in [-0.3, -0.25) is 9.59 Å². The van der Waals surface area contributed by atoms with Gasteiger partial charge in [0.25, 0.3) is 0 Å². The summed E-state index contributed by atoms with van der Waals surface area (Å²) in [5.74, 6) is -3.87. The Morgan fingerprint density at radius 3 is 2.24 bits per heavy atom. The molecule has 4 rings (SSSR count). The number of hydrogen-bond donors (Lipinski definition) is 3. The van der Waals surface area contributed by atoms with Crippen molar-refractivity contribution in [3.05, 3.63) is 92.4 Å². The Balaban J connectivity index is 2.12. The summed E-state index contributed by atoms with van der Waals surface area (Å²) in [6, 6.07) is 13.5. The maximum atomic E-state index is 13.2. The first kappa shape index (κ1) is 21.8. The van der Waals surface area contributed by atoms with Crippen molar-refractivity contribution in [3.63, 3.8) is 0 Å². The number of para-hydroxylation sites is 1. The van der Waals surface area contributed by atoms with Gasteiger partial charge in [0.2, 0.25) is 0 Å². The first-order valence-electron chi connectivity index (χ1n) is 10.0. The number of carboxylic acids is 2. The van der Waals surface area contributed by atoms with Crippen LogP contribution in [0.3, 0.4) is 0 Å². The lowest BCUT2D eigenvalue weighted by atomic mass is 9.79. The van der Waals surface area contributed by atoms with E-state index < -0.39 is 23.4 Å². The monoisotopic (exact) mass is 445 g/mol. The first-order chi connectivity index (χ1) is 15.8. The molecule has 0 aliphatic carbocycles. The van der Waals surface area contributed by atoms with Gasteiger partial charge in [-0.1, -0.05) is 42.5 Å². The van der Waals surface area contributed by atoms with Gasteiger partial charge in [-0.05, 0) is 19.9 Å². The van der Waals surface area contributed by atoms with Gasteiger partial charge in [0.15, 0.2) is 11.7 Å². The van der Waals surface area contributed by atoms with E-state index in [0.29, 0.717) is 23.2 Å². The van der Waals surface area contributed by atoms with Crippen LogP contribution >= 0.6 is 0 Å². The molecule has 0 fully saturated rings. The van der Waals surface area contributed by atoms with Crippen LogP contribution in [0.4, 0.5) is 0 Å². The van der Waals surface area contributed by atoms with E-state index in [-0.39, 0.29) is 38.9 Å². The molecule has 0 saturated carbocycles. The fraction of sp³-hybridized carbons (Fsp3) is 0.120. The van der Waals surface area contributed by atoms with Crippen LogP contribution in [0.5, 0.6) is 0 Å². The van der Waals surface area contributed by atoms with Gasteiger partial charge in [0.05, 0.1) is 28.1 Å². The van der Waals surface area contributed by atoms with E-state index in [9.17, 15) is 29.4 Å². The van der Waals surface area contributed by atoms with Gasteiger partial charge in [-0.25, -0.2) is 9.59 Å². The summed E-state index contributed by atoms with van der Waals surface area (Å²) in [4.78, 5) is 49.2. The van der Waals surface area contributed by atoms with Crippen LogP contribution in [-0.4, -0.2) is 28.4 Å². The molecule has 3 aromatic rings. The Morgan fingerprint density at radius 1 is 0.970 bits per heavy atom. The minimum atomic E-state index is -1.46. The maximum absolute atomic E-state index is 13.2. The summed E-state index contributed by atoms with van der Waals surface area (Å²) in [7, 11) is 0. The molecule has 0 radical (unpaired) electrons. The summed E-state index contributed by atoms with van der Waals surface area (Å²) in [6.07, 6.45) is 0.333. The summed E-state index contributed by atoms with van der Waals surface area (Å²) in [5.41, 5.74) is 0.0796. The SMILES string of the molecule is CC1=C(C(=O)O)C(c2cccc3c(=O)c(C)c(-c4ccccc4)oc23)C(C(=O)O)=C(C=O)N1. The van der Waals surface area contributed by atoms with E-state index in [1.807, 2.05) is 6.07 Å². The first-order valence-corrected chi connectivity index (χ1v) is 10.0. The second-order valence-corrected chi connectivity index (χ2v) is 7.63. The summed E-state index contributed by atoms with van der Waals surface area (Å²) >= 11 is 0. The van der Waals surface area contributed by atoms with Crippen molar-refractivity contribution in [2.45, 2.75) is 19.8 Å². The molecular weight excluding hydrogens is 426 g/mol. The smallest absolute Gasteiger partial charge is 0.334 e. The fourth-order valence-electron chi connectivity index (χ4n) is 4.20. The highest BCUT2D eigenvalue weighted by Gasteiger charge is 2.39. The lowest BCUT2D eigenvalue weighted by Crippen LogP contribution is -2.32. The van der Waals surface area contributed by atoms with Crippen LogP contribution in [0.25, 0.3) is 22.3 Å². The topological polar surface area (TPSA) is 134 Å². The van der Waals surface area contributed by atoms with E-state index in [2.05, 4.69) is 5.32 Å². The normalized spacial score (nSPS) is 16.0. The molecular formula is C25H19NO7. The van der Waals surface area contributed by atoms with Gasteiger partial charge in [0.1, 0.15) is 11.3 Å². The minimum absolute atomic E-state index is 0.0643. The number of dihydropyridines is 1. The molecule has 1 aliphatic heterocycles. The van der Waals surface area contributed by atoms with E-state index >= 15 is 0 Å². The molecule has 8 heteroatoms. The molecule has 1 atom stereocenters. The van der Waals surface area contributed by atoms with Crippen LogP contribution in [-0.2, 0) is 14.4 Å². The van der Waals surface area contributed by atoms with Crippen molar-refractivity contribution in [3.8, 4) is 11.3 Å². The van der Waals surface area contributed by atoms with Gasteiger partial charge in [-0.2, -0.15) is 0 Å². The van der Waals surface area contributed by atoms with E-state index in [1.54, 1.807) is 31.2 Å². The van der Waals surface area contributed by atoms with Crippen molar-refractivity contribution in [1.82, 2.24) is 5.32 Å². The third kappa shape index (κ3) is 3.51. The van der Waals surface area contributed by atoms with Crippen LogP contribution < -0.4 is 10.7 Å². The zero-order valence-corrected chi connectivity index (χ0v) is 17.7. The number of benzene rings is 2. The number of aliphatic carboxylic acids is 2. The average Bonchev–Trinajstić information content (AvgIpc) is 2.80. The molecule has 1 aromatic heterocycles. The number of allylic oxidation sites excluding steroid dienone is 2. The highest BCUT2D eigenvalue weighted by Crippen LogP contribution is 2.41. The Labute approximate surface area is 187 Å². The quantitative estimate of drug-likeness (QED) is 0.509. The average molecular weight is 445 g/mol. The standard InChI is InChI=1S/C25H19NO7/c1-12-21(28)16-10-6-9-15(23(16)33-22(12)14-7-4-3-5-8-14)19-18(24(29)30)13(2)26-17(11-27)20(19)25(31)32/h3-11,19,26H,1-2H3,(H,29,30)(H,31,32). The number of nitrogens with one attached hydrogen (secondary N) is 1. The lowest BCUT2D eigenvalue weighted by molar-refractivity contribution is -0.133. The Kier molecular flexibility index (Phi) is 5.43. The van der Waals surface area contributed by atoms with E-state index in [0.717, 1.165) is 0 Å². The molecule has 3 N–H and O–H groups in total. The van der Waals surface area contributed by atoms with Crippen molar-refractivity contribution in [1.29, 1.82) is 0 Å². The van der Waals surface area contributed by atoms with Crippen molar-refractivity contribution in [2.75, 3.05) is 0 Å². The summed E-state index contributed by atoms with van der Waals surface area (Å²) < 4.78 is 6.16. The minimum Gasteiger partial charge on any atom is -0.478 e. The molecule has 0 saturated heterocycles. The molecule has 33 heavy (non-hydrogen) atoms. The molecule has 0 bridgehead atoms. The van der Waals surface area contributed by atoms with Crippen LogP contribution in [0, 0.1) is 6.92 Å². The van der Waals surface area contributed by atoms with Crippen molar-refractivity contribution in [2.24, 2.45) is 0 Å². The zero-order chi connectivity index (χ0) is 23.9. The zero-order valence-electron chi connectivity index (χ0n) is 17.7. The number of carboxylic acid groups (broad SMARTS) is 2. The number of fused-ring (bicyclic) bond motifs is 1. The van der Waals surface area contributed by atoms with Crippen LogP contribution in [0.2, 0.25) is 0 Å². The molecule has 8 nitrogen and oxygen atoms in total. The van der Waals surface area contributed by atoms with Crippen LogP contribution in [0.1, 0.15) is 24.0 Å². The number of carbonyl (C=O) groups is 3. The van der Waals surface area contributed by atoms with E-state index in [1.165, 1.54) is 25.1 Å². The molecule has 1 aliphatic rings. The van der Waals surface area contributed by atoms with Gasteiger partial charge in [-0.15, -0.1) is 0 Å². The molecule has 0 spiro atoms. The largest absolute Gasteiger partial charge is 0.478 e. The number of aldehydes is 1. The fourth-order valence-corrected chi connectivity index (χ4v) is 4.20. The second-order valence-electron chi connectivity index (χ2n) is 7.63. The van der Waals surface area contributed by atoms with Crippen LogP contribution in [0.15, 0.2) is 80.3 Å². The third-order valence-corrected chi connectivity index (χ3v) is 5.69. The van der Waals surface area contributed by atoms with E-state index in [4.69, 9.17) is 4.42 Å². The predicted octanol–water partition coefficient (Wildman–Crippen LogP) is 3.35. The van der Waals surface area contributed by atoms with Crippen molar-refractivity contribution < 1.29 is 29.0 Å². The van der Waals surface area contributed by atoms with Gasteiger partial charge >= 0.3 is 11.9 Å². The van der Waals surface area contributed by atoms with Gasteiger partial charge in [0, 0.05) is 22.4 Å². The maximum Gasteiger partial charge on any atom is 0.334 e. The molecule has 1 unspecified atom stereocenters. The molecule has 2 heterocycles.